The Bertz CT molecular complexity index is 560. The van der Waals surface area contributed by atoms with Gasteiger partial charge in [-0.2, -0.15) is 0 Å². The van der Waals surface area contributed by atoms with Gasteiger partial charge in [0.25, 0.3) is 0 Å². The van der Waals surface area contributed by atoms with Gasteiger partial charge >= 0.3 is 0 Å². The van der Waals surface area contributed by atoms with Crippen molar-refractivity contribution in [2.45, 2.75) is 6.10 Å². The SMILES string of the molecule is COc1cccc(C(O)c2cc(Cl)cnc2N)c1. The number of methoxy groups -OCH3 is 1. The first-order valence-electron chi connectivity index (χ1n) is 5.34. The Labute approximate surface area is 110 Å². The lowest BCUT2D eigenvalue weighted by atomic mass is 10.0. The number of halogens is 1. The lowest BCUT2D eigenvalue weighted by Crippen LogP contribution is -2.05. The van der Waals surface area contributed by atoms with E-state index in [0.717, 1.165) is 0 Å². The molecule has 0 radical (unpaired) electrons. The number of benzene rings is 1. The summed E-state index contributed by atoms with van der Waals surface area (Å²) < 4.78 is 5.11. The smallest absolute Gasteiger partial charge is 0.129 e. The average Bonchev–Trinajstić information content (AvgIpc) is 2.41. The molecular formula is C13H13ClN2O2. The second kappa shape index (κ2) is 5.25. The largest absolute Gasteiger partial charge is 0.497 e. The van der Waals surface area contributed by atoms with Crippen molar-refractivity contribution in [2.24, 2.45) is 0 Å². The second-order valence-electron chi connectivity index (χ2n) is 3.81. The van der Waals surface area contributed by atoms with Crippen molar-refractivity contribution < 1.29 is 9.84 Å². The number of ether oxygens (including phenoxy) is 1. The van der Waals surface area contributed by atoms with E-state index in [0.29, 0.717) is 21.9 Å². The second-order valence-corrected chi connectivity index (χ2v) is 4.24. The van der Waals surface area contributed by atoms with Crippen LogP contribution >= 0.6 is 11.6 Å². The first kappa shape index (κ1) is 12.7. The molecule has 0 spiro atoms. The molecule has 0 saturated heterocycles. The first-order chi connectivity index (χ1) is 8.61. The quantitative estimate of drug-likeness (QED) is 0.893. The Kier molecular flexibility index (Phi) is 3.69. The van der Waals surface area contributed by atoms with Gasteiger partial charge in [-0.15, -0.1) is 0 Å². The number of pyridine rings is 1. The molecule has 0 bridgehead atoms. The molecule has 0 amide bonds. The number of hydrogen-bond acceptors (Lipinski definition) is 4. The predicted octanol–water partition coefficient (Wildman–Crippen LogP) is 2.41. The van der Waals surface area contributed by atoms with Crippen LogP contribution < -0.4 is 10.5 Å². The van der Waals surface area contributed by atoms with Crippen molar-refractivity contribution in [2.75, 3.05) is 12.8 Å². The van der Waals surface area contributed by atoms with Crippen LogP contribution in [-0.2, 0) is 0 Å². The monoisotopic (exact) mass is 264 g/mol. The van der Waals surface area contributed by atoms with Crippen molar-refractivity contribution >= 4 is 17.4 Å². The van der Waals surface area contributed by atoms with E-state index in [1.54, 1.807) is 37.4 Å². The van der Waals surface area contributed by atoms with Gasteiger partial charge in [-0.05, 0) is 23.8 Å². The molecular weight excluding hydrogens is 252 g/mol. The van der Waals surface area contributed by atoms with Gasteiger partial charge < -0.3 is 15.6 Å². The summed E-state index contributed by atoms with van der Waals surface area (Å²) in [5.41, 5.74) is 6.89. The van der Waals surface area contributed by atoms with Crippen LogP contribution in [0.2, 0.25) is 5.02 Å². The van der Waals surface area contributed by atoms with Crippen LogP contribution in [0.3, 0.4) is 0 Å². The van der Waals surface area contributed by atoms with Gasteiger partial charge in [0.05, 0.1) is 12.1 Å². The maximum Gasteiger partial charge on any atom is 0.129 e. The zero-order chi connectivity index (χ0) is 13.1. The highest BCUT2D eigenvalue weighted by atomic mass is 35.5. The summed E-state index contributed by atoms with van der Waals surface area (Å²) in [6, 6.07) is 8.73. The standard InChI is InChI=1S/C13H13ClN2O2/c1-18-10-4-2-3-8(5-10)12(17)11-6-9(14)7-16-13(11)15/h2-7,12,17H,1H3,(H2,15,16). The third-order valence-corrected chi connectivity index (χ3v) is 2.83. The summed E-state index contributed by atoms with van der Waals surface area (Å²) in [5, 5.41) is 10.7. The van der Waals surface area contributed by atoms with Crippen LogP contribution in [0.4, 0.5) is 5.82 Å². The van der Waals surface area contributed by atoms with Gasteiger partial charge in [0.1, 0.15) is 17.7 Å². The molecule has 1 heterocycles. The number of hydrogen-bond donors (Lipinski definition) is 2. The summed E-state index contributed by atoms with van der Waals surface area (Å²) in [6.45, 7) is 0. The number of rotatable bonds is 3. The molecule has 1 aromatic heterocycles. The van der Waals surface area contributed by atoms with Gasteiger partial charge in [-0.1, -0.05) is 23.7 Å². The predicted molar refractivity (Wildman–Crippen MR) is 70.7 cm³/mol. The van der Waals surface area contributed by atoms with Crippen LogP contribution in [0.15, 0.2) is 36.5 Å². The van der Waals surface area contributed by atoms with Crippen LogP contribution in [0.1, 0.15) is 17.2 Å². The van der Waals surface area contributed by atoms with E-state index < -0.39 is 6.10 Å². The highest BCUT2D eigenvalue weighted by Gasteiger charge is 2.15. The Balaban J connectivity index is 2.40. The van der Waals surface area contributed by atoms with E-state index in [2.05, 4.69) is 4.98 Å². The minimum Gasteiger partial charge on any atom is -0.497 e. The van der Waals surface area contributed by atoms with E-state index in [9.17, 15) is 5.11 Å². The number of anilines is 1. The van der Waals surface area contributed by atoms with E-state index in [4.69, 9.17) is 22.1 Å². The zero-order valence-electron chi connectivity index (χ0n) is 9.80. The summed E-state index contributed by atoms with van der Waals surface area (Å²) in [4.78, 5) is 3.92. The van der Waals surface area contributed by atoms with Crippen LogP contribution in [0.25, 0.3) is 0 Å². The molecule has 3 N–H and O–H groups in total. The van der Waals surface area contributed by atoms with Crippen molar-refractivity contribution in [1.82, 2.24) is 4.98 Å². The van der Waals surface area contributed by atoms with E-state index in [1.807, 2.05) is 0 Å². The summed E-state index contributed by atoms with van der Waals surface area (Å²) in [5.74, 6) is 0.926. The number of nitrogens with two attached hydrogens (primary N) is 1. The molecule has 2 aromatic rings. The highest BCUT2D eigenvalue weighted by molar-refractivity contribution is 6.30. The maximum absolute atomic E-state index is 10.3. The lowest BCUT2D eigenvalue weighted by Gasteiger charge is -2.14. The van der Waals surface area contributed by atoms with Gasteiger partial charge in [-0.3, -0.25) is 0 Å². The van der Waals surface area contributed by atoms with Gasteiger partial charge in [0, 0.05) is 11.8 Å². The molecule has 1 unspecified atom stereocenters. The molecule has 18 heavy (non-hydrogen) atoms. The Morgan fingerprint density at radius 1 is 1.39 bits per heavy atom. The fourth-order valence-corrected chi connectivity index (χ4v) is 1.84. The van der Waals surface area contributed by atoms with E-state index in [-0.39, 0.29) is 5.82 Å². The Morgan fingerprint density at radius 2 is 2.17 bits per heavy atom. The van der Waals surface area contributed by atoms with Gasteiger partial charge in [0.15, 0.2) is 0 Å². The first-order valence-corrected chi connectivity index (χ1v) is 5.72. The summed E-state index contributed by atoms with van der Waals surface area (Å²) >= 11 is 5.85. The normalized spacial score (nSPS) is 12.2. The van der Waals surface area contributed by atoms with Crippen molar-refractivity contribution in [1.29, 1.82) is 0 Å². The number of aromatic nitrogens is 1. The molecule has 0 aliphatic rings. The summed E-state index contributed by atoms with van der Waals surface area (Å²) in [6.07, 6.45) is 0.560. The third kappa shape index (κ3) is 2.55. The highest BCUT2D eigenvalue weighted by Crippen LogP contribution is 2.29. The zero-order valence-corrected chi connectivity index (χ0v) is 10.6. The van der Waals surface area contributed by atoms with Crippen molar-refractivity contribution in [3.8, 4) is 5.75 Å². The molecule has 4 nitrogen and oxygen atoms in total. The topological polar surface area (TPSA) is 68.4 Å². The van der Waals surface area contributed by atoms with Crippen LogP contribution in [-0.4, -0.2) is 17.2 Å². The van der Waals surface area contributed by atoms with Gasteiger partial charge in [-0.25, -0.2) is 4.98 Å². The fourth-order valence-electron chi connectivity index (χ4n) is 1.68. The van der Waals surface area contributed by atoms with Crippen LogP contribution in [0, 0.1) is 0 Å². The number of aliphatic hydroxyl groups is 1. The summed E-state index contributed by atoms with van der Waals surface area (Å²) in [7, 11) is 1.57. The van der Waals surface area contributed by atoms with Crippen molar-refractivity contribution in [3.63, 3.8) is 0 Å². The third-order valence-electron chi connectivity index (χ3n) is 2.62. The number of nitrogen functional groups attached to an aromatic ring is 1. The van der Waals surface area contributed by atoms with Gasteiger partial charge in [0.2, 0.25) is 0 Å². The Hall–Kier alpha value is -1.78. The Morgan fingerprint density at radius 3 is 2.89 bits per heavy atom. The molecule has 0 saturated carbocycles. The molecule has 1 aromatic carbocycles. The van der Waals surface area contributed by atoms with E-state index in [1.165, 1.54) is 6.20 Å². The minimum absolute atomic E-state index is 0.259. The average molecular weight is 265 g/mol. The molecule has 0 aliphatic heterocycles. The van der Waals surface area contributed by atoms with Crippen molar-refractivity contribution in [3.05, 3.63) is 52.7 Å². The fraction of sp³-hybridized carbons (Fsp3) is 0.154. The molecule has 2 rings (SSSR count). The van der Waals surface area contributed by atoms with E-state index >= 15 is 0 Å². The molecule has 5 heteroatoms. The number of nitrogens with zero attached hydrogens (tertiary/aromatic N) is 1. The molecule has 0 fully saturated rings. The molecule has 94 valence electrons. The minimum atomic E-state index is -0.883. The maximum atomic E-state index is 10.3. The molecule has 0 aliphatic carbocycles. The lowest BCUT2D eigenvalue weighted by molar-refractivity contribution is 0.220. The van der Waals surface area contributed by atoms with Crippen LogP contribution in [0.5, 0.6) is 5.75 Å². The molecule has 1 atom stereocenters. The number of aliphatic hydroxyl groups excluding tert-OH is 1.